The van der Waals surface area contributed by atoms with E-state index in [9.17, 15) is 0 Å². The molecule has 0 bridgehead atoms. The Hall–Kier alpha value is -0.930. The molecule has 0 aliphatic heterocycles. The molecule has 1 aromatic heterocycles. The van der Waals surface area contributed by atoms with Crippen molar-refractivity contribution < 1.29 is 0 Å². The molecule has 2 saturated carbocycles. The molecule has 0 spiro atoms. The van der Waals surface area contributed by atoms with E-state index in [0.717, 1.165) is 17.9 Å². The Kier molecular flexibility index (Phi) is 3.95. The summed E-state index contributed by atoms with van der Waals surface area (Å²) in [4.78, 5) is 4.85. The maximum atomic E-state index is 4.85. The Labute approximate surface area is 131 Å². The number of aromatic nitrogens is 1. The van der Waals surface area contributed by atoms with E-state index in [-0.39, 0.29) is 0 Å². The van der Waals surface area contributed by atoms with Gasteiger partial charge in [0.1, 0.15) is 0 Å². The molecule has 0 amide bonds. The van der Waals surface area contributed by atoms with Crippen LogP contribution in [0.4, 0.5) is 0 Å². The Morgan fingerprint density at radius 2 is 1.86 bits per heavy atom. The fourth-order valence-electron chi connectivity index (χ4n) is 3.66. The lowest BCUT2D eigenvalue weighted by Gasteiger charge is -2.31. The first-order valence-corrected chi connectivity index (χ1v) is 9.28. The molecule has 0 saturated heterocycles. The first-order valence-electron chi connectivity index (χ1n) is 8.46. The predicted molar refractivity (Wildman–Crippen MR) is 89.8 cm³/mol. The number of fused-ring (bicyclic) bond motifs is 1. The van der Waals surface area contributed by atoms with E-state index in [1.807, 2.05) is 11.3 Å². The van der Waals surface area contributed by atoms with Crippen LogP contribution in [0.5, 0.6) is 0 Å². The lowest BCUT2D eigenvalue weighted by molar-refractivity contribution is 0.228. The van der Waals surface area contributed by atoms with Crippen LogP contribution >= 0.6 is 11.3 Å². The maximum Gasteiger partial charge on any atom is 0.0941 e. The molecular formula is C18H24N2S. The van der Waals surface area contributed by atoms with E-state index in [0.29, 0.717) is 0 Å². The zero-order valence-corrected chi connectivity index (χ0v) is 13.4. The number of benzene rings is 1. The number of hydrogen-bond acceptors (Lipinski definition) is 3. The van der Waals surface area contributed by atoms with Gasteiger partial charge < -0.3 is 5.32 Å². The number of thiazole rings is 1. The normalized spacial score (nSPS) is 26.3. The minimum Gasteiger partial charge on any atom is -0.314 e. The highest BCUT2D eigenvalue weighted by Crippen LogP contribution is 2.34. The van der Waals surface area contributed by atoms with Gasteiger partial charge in [-0.1, -0.05) is 25.0 Å². The summed E-state index contributed by atoms with van der Waals surface area (Å²) in [6.45, 7) is 1.24. The van der Waals surface area contributed by atoms with Gasteiger partial charge in [0.25, 0.3) is 0 Å². The minimum absolute atomic E-state index is 0.838. The molecule has 0 radical (unpaired) electrons. The molecule has 2 fully saturated rings. The zero-order chi connectivity index (χ0) is 14.1. The maximum absolute atomic E-state index is 4.85. The van der Waals surface area contributed by atoms with Crippen LogP contribution in [0.3, 0.4) is 0 Å². The number of nitrogens with zero attached hydrogens (tertiary/aromatic N) is 1. The van der Waals surface area contributed by atoms with E-state index in [4.69, 9.17) is 4.98 Å². The summed E-state index contributed by atoms with van der Waals surface area (Å²) in [5.74, 6) is 1.71. The van der Waals surface area contributed by atoms with Crippen molar-refractivity contribution in [2.45, 2.75) is 51.0 Å². The second-order valence-corrected chi connectivity index (χ2v) is 7.88. The van der Waals surface area contributed by atoms with Crippen LogP contribution in [0.15, 0.2) is 24.3 Å². The molecule has 1 aromatic carbocycles. The number of para-hydroxylation sites is 1. The molecule has 112 valence electrons. The first kappa shape index (κ1) is 13.7. The molecule has 2 aliphatic rings. The van der Waals surface area contributed by atoms with Crippen molar-refractivity contribution in [2.24, 2.45) is 11.8 Å². The largest absolute Gasteiger partial charge is 0.314 e. The molecule has 2 aromatic rings. The fourth-order valence-corrected chi connectivity index (χ4v) is 4.72. The molecule has 2 nitrogen and oxygen atoms in total. The molecule has 2 aliphatic carbocycles. The van der Waals surface area contributed by atoms with Crippen molar-refractivity contribution >= 4 is 21.6 Å². The molecule has 2 unspecified atom stereocenters. The highest BCUT2D eigenvalue weighted by molar-refractivity contribution is 7.18. The third-order valence-corrected chi connectivity index (χ3v) is 6.15. The smallest absolute Gasteiger partial charge is 0.0941 e. The summed E-state index contributed by atoms with van der Waals surface area (Å²) >= 11 is 1.90. The highest BCUT2D eigenvalue weighted by atomic mass is 32.1. The molecule has 2 atom stereocenters. The van der Waals surface area contributed by atoms with Crippen LogP contribution in [-0.4, -0.2) is 17.6 Å². The lowest BCUT2D eigenvalue weighted by atomic mass is 9.77. The van der Waals surface area contributed by atoms with Gasteiger partial charge in [-0.25, -0.2) is 4.98 Å². The average molecular weight is 300 g/mol. The van der Waals surface area contributed by atoms with Crippen molar-refractivity contribution in [2.75, 3.05) is 6.54 Å². The van der Waals surface area contributed by atoms with Crippen molar-refractivity contribution in [3.05, 3.63) is 29.3 Å². The van der Waals surface area contributed by atoms with Gasteiger partial charge in [-0.15, -0.1) is 11.3 Å². The van der Waals surface area contributed by atoms with Crippen LogP contribution in [-0.2, 0) is 6.42 Å². The Balaban J connectivity index is 1.44. The number of rotatable bonds is 5. The summed E-state index contributed by atoms with van der Waals surface area (Å²) in [5.41, 5.74) is 1.18. The Morgan fingerprint density at radius 1 is 1.05 bits per heavy atom. The van der Waals surface area contributed by atoms with Gasteiger partial charge in [-0.2, -0.15) is 0 Å². The van der Waals surface area contributed by atoms with Crippen LogP contribution in [0, 0.1) is 11.8 Å². The number of nitrogens with one attached hydrogen (secondary N) is 1. The molecule has 21 heavy (non-hydrogen) atoms. The van der Waals surface area contributed by atoms with E-state index in [2.05, 4.69) is 29.6 Å². The van der Waals surface area contributed by atoms with Crippen molar-refractivity contribution in [3.63, 3.8) is 0 Å². The predicted octanol–water partition coefficient (Wildman–Crippen LogP) is 4.40. The quantitative estimate of drug-likeness (QED) is 0.885. The van der Waals surface area contributed by atoms with Gasteiger partial charge >= 0.3 is 0 Å². The second kappa shape index (κ2) is 6.05. The van der Waals surface area contributed by atoms with Gasteiger partial charge in [0.05, 0.1) is 15.2 Å². The third-order valence-electron chi connectivity index (χ3n) is 5.09. The minimum atomic E-state index is 0.838. The van der Waals surface area contributed by atoms with E-state index >= 15 is 0 Å². The summed E-state index contributed by atoms with van der Waals surface area (Å²) in [6, 6.07) is 9.39. The molecule has 1 N–H and O–H groups in total. The monoisotopic (exact) mass is 300 g/mol. The van der Waals surface area contributed by atoms with Crippen LogP contribution in [0.2, 0.25) is 0 Å². The number of hydrogen-bond donors (Lipinski definition) is 1. The Morgan fingerprint density at radius 3 is 2.67 bits per heavy atom. The summed E-state index contributed by atoms with van der Waals surface area (Å²) in [5, 5.41) is 5.10. The van der Waals surface area contributed by atoms with Crippen molar-refractivity contribution in [1.29, 1.82) is 0 Å². The SMILES string of the molecule is c1ccc2sc(CC3CCCCC3CNC3CC3)nc2c1. The van der Waals surface area contributed by atoms with Gasteiger partial charge in [0.15, 0.2) is 0 Å². The zero-order valence-electron chi connectivity index (χ0n) is 12.6. The van der Waals surface area contributed by atoms with Gasteiger partial charge in [-0.05, 0) is 56.2 Å². The van der Waals surface area contributed by atoms with Gasteiger partial charge in [-0.3, -0.25) is 0 Å². The van der Waals surface area contributed by atoms with E-state index < -0.39 is 0 Å². The van der Waals surface area contributed by atoms with Crippen molar-refractivity contribution in [1.82, 2.24) is 10.3 Å². The Bertz CT molecular complexity index is 569. The van der Waals surface area contributed by atoms with Crippen LogP contribution in [0.25, 0.3) is 10.2 Å². The van der Waals surface area contributed by atoms with Crippen LogP contribution in [0.1, 0.15) is 43.5 Å². The van der Waals surface area contributed by atoms with Crippen molar-refractivity contribution in [3.8, 4) is 0 Å². The van der Waals surface area contributed by atoms with Gasteiger partial charge in [0, 0.05) is 12.5 Å². The molecular weight excluding hydrogens is 276 g/mol. The van der Waals surface area contributed by atoms with E-state index in [1.54, 1.807) is 0 Å². The summed E-state index contributed by atoms with van der Waals surface area (Å²) in [6.07, 6.45) is 9.63. The van der Waals surface area contributed by atoms with Gasteiger partial charge in [0.2, 0.25) is 0 Å². The average Bonchev–Trinajstić information content (AvgIpc) is 3.25. The third kappa shape index (κ3) is 3.29. The standard InChI is InChI=1S/C18H24N2S/c1-2-6-14(12-19-15-9-10-15)13(5-1)11-18-20-16-7-3-4-8-17(16)21-18/h3-4,7-8,13-15,19H,1-2,5-6,9-12H2. The summed E-state index contributed by atoms with van der Waals surface area (Å²) in [7, 11) is 0. The molecule has 1 heterocycles. The molecule has 4 rings (SSSR count). The second-order valence-electron chi connectivity index (χ2n) is 6.77. The van der Waals surface area contributed by atoms with E-state index in [1.165, 1.54) is 66.7 Å². The molecule has 3 heteroatoms. The van der Waals surface area contributed by atoms with Crippen LogP contribution < -0.4 is 5.32 Å². The summed E-state index contributed by atoms with van der Waals surface area (Å²) < 4.78 is 1.34. The highest BCUT2D eigenvalue weighted by Gasteiger charge is 2.28. The fraction of sp³-hybridized carbons (Fsp3) is 0.611. The lowest BCUT2D eigenvalue weighted by Crippen LogP contribution is -2.32. The first-order chi connectivity index (χ1) is 10.4. The topological polar surface area (TPSA) is 24.9 Å².